The Morgan fingerprint density at radius 2 is 2.21 bits per heavy atom. The number of nitrogens with zero attached hydrogens (tertiary/aromatic N) is 2. The molecule has 1 aromatic carbocycles. The molecule has 0 aliphatic rings. The van der Waals surface area contributed by atoms with Crippen molar-refractivity contribution >= 4 is 21.4 Å². The predicted molar refractivity (Wildman–Crippen MR) is 69.5 cm³/mol. The molecular weight excluding hydrogens is 271 g/mol. The highest BCUT2D eigenvalue weighted by Gasteiger charge is 2.19. The smallest absolute Gasteiger partial charge is 0.264 e. The average molecular weight is 284 g/mol. The largest absolute Gasteiger partial charge is 0.398 e. The van der Waals surface area contributed by atoms with Crippen LogP contribution in [0.25, 0.3) is 0 Å². The van der Waals surface area contributed by atoms with E-state index in [-0.39, 0.29) is 10.6 Å². The second kappa shape index (κ2) is 4.88. The van der Waals surface area contributed by atoms with E-state index in [0.717, 1.165) is 12.1 Å². The minimum Gasteiger partial charge on any atom is -0.398 e. The van der Waals surface area contributed by atoms with Crippen molar-refractivity contribution in [1.82, 2.24) is 9.78 Å². The van der Waals surface area contributed by atoms with Crippen LogP contribution < -0.4 is 10.5 Å². The van der Waals surface area contributed by atoms with E-state index in [1.54, 1.807) is 4.68 Å². The van der Waals surface area contributed by atoms with Gasteiger partial charge in [0.05, 0.1) is 17.6 Å². The number of nitrogen functional groups attached to an aromatic ring is 1. The number of aryl methyl sites for hydroxylation is 1. The van der Waals surface area contributed by atoms with Gasteiger partial charge in [0.1, 0.15) is 10.7 Å². The first-order valence-electron chi connectivity index (χ1n) is 5.52. The summed E-state index contributed by atoms with van der Waals surface area (Å²) in [5.74, 6) is -0.668. The van der Waals surface area contributed by atoms with Crippen molar-refractivity contribution in [2.75, 3.05) is 10.5 Å². The molecule has 0 amide bonds. The van der Waals surface area contributed by atoms with Crippen LogP contribution >= 0.6 is 0 Å². The van der Waals surface area contributed by atoms with Crippen molar-refractivity contribution in [3.8, 4) is 0 Å². The number of hydrogen-bond acceptors (Lipinski definition) is 4. The number of anilines is 2. The van der Waals surface area contributed by atoms with Gasteiger partial charge in [-0.25, -0.2) is 12.8 Å². The topological polar surface area (TPSA) is 90.0 Å². The zero-order valence-electron chi connectivity index (χ0n) is 10.2. The molecule has 1 aromatic heterocycles. The fourth-order valence-corrected chi connectivity index (χ4v) is 2.71. The third-order valence-electron chi connectivity index (χ3n) is 2.47. The second-order valence-corrected chi connectivity index (χ2v) is 5.52. The van der Waals surface area contributed by atoms with Crippen LogP contribution in [-0.2, 0) is 16.6 Å². The van der Waals surface area contributed by atoms with Crippen LogP contribution in [0, 0.1) is 5.82 Å². The van der Waals surface area contributed by atoms with E-state index in [9.17, 15) is 12.8 Å². The van der Waals surface area contributed by atoms with Gasteiger partial charge in [-0.2, -0.15) is 5.10 Å². The number of halogens is 1. The SMILES string of the molecule is CCn1cc(NS(=O)(=O)c2cc(F)ccc2N)cn1. The molecule has 8 heteroatoms. The maximum absolute atomic E-state index is 13.1. The molecule has 0 aliphatic carbocycles. The Morgan fingerprint density at radius 1 is 1.47 bits per heavy atom. The molecule has 0 bridgehead atoms. The Morgan fingerprint density at radius 3 is 2.84 bits per heavy atom. The lowest BCUT2D eigenvalue weighted by Crippen LogP contribution is -2.14. The normalized spacial score (nSPS) is 11.5. The molecule has 3 N–H and O–H groups in total. The first-order chi connectivity index (χ1) is 8.92. The molecule has 0 aliphatic heterocycles. The first kappa shape index (κ1) is 13.3. The number of aromatic nitrogens is 2. The van der Waals surface area contributed by atoms with Crippen LogP contribution in [0.3, 0.4) is 0 Å². The Kier molecular flexibility index (Phi) is 3.43. The standard InChI is InChI=1S/C11H13FN4O2S/c1-2-16-7-9(6-14-16)15-19(17,18)11-5-8(12)3-4-10(11)13/h3-7,15H,2,13H2,1H3. The Labute approximate surface area is 110 Å². The lowest BCUT2D eigenvalue weighted by Gasteiger charge is -2.08. The maximum Gasteiger partial charge on any atom is 0.264 e. The summed E-state index contributed by atoms with van der Waals surface area (Å²) in [6.45, 7) is 2.49. The summed E-state index contributed by atoms with van der Waals surface area (Å²) in [4.78, 5) is -0.295. The summed E-state index contributed by atoms with van der Waals surface area (Å²) in [6.07, 6.45) is 2.91. The molecule has 0 radical (unpaired) electrons. The van der Waals surface area contributed by atoms with E-state index in [1.165, 1.54) is 18.5 Å². The van der Waals surface area contributed by atoms with Gasteiger partial charge in [0, 0.05) is 12.7 Å². The van der Waals surface area contributed by atoms with Crippen molar-refractivity contribution in [1.29, 1.82) is 0 Å². The molecule has 102 valence electrons. The van der Waals surface area contributed by atoms with Gasteiger partial charge in [0.15, 0.2) is 0 Å². The van der Waals surface area contributed by atoms with Gasteiger partial charge in [-0.15, -0.1) is 0 Å². The van der Waals surface area contributed by atoms with E-state index < -0.39 is 15.8 Å². The molecule has 1 heterocycles. The highest BCUT2D eigenvalue weighted by Crippen LogP contribution is 2.22. The molecule has 0 spiro atoms. The van der Waals surface area contributed by atoms with Crippen LogP contribution in [0.2, 0.25) is 0 Å². The molecule has 19 heavy (non-hydrogen) atoms. The van der Waals surface area contributed by atoms with Crippen molar-refractivity contribution in [2.24, 2.45) is 0 Å². The summed E-state index contributed by atoms with van der Waals surface area (Å²) in [5, 5.41) is 3.94. The van der Waals surface area contributed by atoms with Crippen LogP contribution in [0.15, 0.2) is 35.5 Å². The van der Waals surface area contributed by atoms with E-state index in [0.29, 0.717) is 12.2 Å². The molecule has 0 saturated carbocycles. The van der Waals surface area contributed by atoms with Crippen molar-refractivity contribution in [3.63, 3.8) is 0 Å². The summed E-state index contributed by atoms with van der Waals surface area (Å²) in [6, 6.07) is 3.19. The first-order valence-corrected chi connectivity index (χ1v) is 7.01. The quantitative estimate of drug-likeness (QED) is 0.831. The molecule has 0 saturated heterocycles. The van der Waals surface area contributed by atoms with E-state index in [4.69, 9.17) is 5.73 Å². The summed E-state index contributed by atoms with van der Waals surface area (Å²) in [7, 11) is -3.93. The van der Waals surface area contributed by atoms with Crippen LogP contribution in [0.1, 0.15) is 6.92 Å². The van der Waals surface area contributed by atoms with Crippen LogP contribution in [-0.4, -0.2) is 18.2 Å². The highest BCUT2D eigenvalue weighted by atomic mass is 32.2. The van der Waals surface area contributed by atoms with Crippen LogP contribution in [0.5, 0.6) is 0 Å². The van der Waals surface area contributed by atoms with E-state index in [2.05, 4.69) is 9.82 Å². The summed E-state index contributed by atoms with van der Waals surface area (Å²) >= 11 is 0. The third kappa shape index (κ3) is 2.84. The van der Waals surface area contributed by atoms with Crippen molar-refractivity contribution in [2.45, 2.75) is 18.4 Å². The molecule has 6 nitrogen and oxygen atoms in total. The summed E-state index contributed by atoms with van der Waals surface area (Å²) < 4.78 is 41.1. The van der Waals surface area contributed by atoms with Gasteiger partial charge in [-0.3, -0.25) is 9.40 Å². The molecular formula is C11H13FN4O2S. The fraction of sp³-hybridized carbons (Fsp3) is 0.182. The number of nitrogens with one attached hydrogen (secondary N) is 1. The van der Waals surface area contributed by atoms with Gasteiger partial charge in [0.25, 0.3) is 10.0 Å². The van der Waals surface area contributed by atoms with E-state index >= 15 is 0 Å². The maximum atomic E-state index is 13.1. The van der Waals surface area contributed by atoms with Gasteiger partial charge in [-0.05, 0) is 25.1 Å². The lowest BCUT2D eigenvalue weighted by molar-refractivity contribution is 0.596. The Balaban J connectivity index is 2.34. The van der Waals surface area contributed by atoms with Gasteiger partial charge < -0.3 is 5.73 Å². The number of hydrogen-bond donors (Lipinski definition) is 2. The van der Waals surface area contributed by atoms with Crippen LogP contribution in [0.4, 0.5) is 15.8 Å². The van der Waals surface area contributed by atoms with E-state index in [1.807, 2.05) is 6.92 Å². The molecule has 2 rings (SSSR count). The zero-order chi connectivity index (χ0) is 14.0. The van der Waals surface area contributed by atoms with Crippen molar-refractivity contribution in [3.05, 3.63) is 36.4 Å². The minimum absolute atomic E-state index is 0.0169. The highest BCUT2D eigenvalue weighted by molar-refractivity contribution is 7.92. The number of benzene rings is 1. The second-order valence-electron chi connectivity index (χ2n) is 3.87. The lowest BCUT2D eigenvalue weighted by atomic mass is 10.3. The predicted octanol–water partition coefficient (Wildman–Crippen LogP) is 1.43. The summed E-state index contributed by atoms with van der Waals surface area (Å²) in [5.41, 5.74) is 5.83. The van der Waals surface area contributed by atoms with Gasteiger partial charge >= 0.3 is 0 Å². The third-order valence-corrected chi connectivity index (χ3v) is 3.91. The Bertz CT molecular complexity index is 696. The van der Waals surface area contributed by atoms with Crippen molar-refractivity contribution < 1.29 is 12.8 Å². The molecule has 2 aromatic rings. The number of nitrogens with two attached hydrogens (primary N) is 1. The Hall–Kier alpha value is -2.09. The minimum atomic E-state index is -3.93. The zero-order valence-corrected chi connectivity index (χ0v) is 11.0. The monoisotopic (exact) mass is 284 g/mol. The molecule has 0 unspecified atom stereocenters. The average Bonchev–Trinajstić information content (AvgIpc) is 2.79. The fourth-order valence-electron chi connectivity index (χ4n) is 1.54. The van der Waals surface area contributed by atoms with Gasteiger partial charge in [0.2, 0.25) is 0 Å². The molecule has 0 fully saturated rings. The van der Waals surface area contributed by atoms with Gasteiger partial charge in [-0.1, -0.05) is 0 Å². The number of rotatable bonds is 4. The number of sulfonamides is 1. The molecule has 0 atom stereocenters.